The molecule has 2 amide bonds. The van der Waals surface area contributed by atoms with Crippen LogP contribution in [0.2, 0.25) is 0 Å². The highest BCUT2D eigenvalue weighted by atomic mass is 79.9. The molecule has 0 aliphatic rings. The van der Waals surface area contributed by atoms with Crippen LogP contribution >= 0.6 is 15.9 Å². The first kappa shape index (κ1) is 21.6. The SMILES string of the molecule is CCCCC[C@@H](C)NC(=O)C[NH+](C)CC(=O)Nc1ccc(Br)cc1C. The zero-order valence-corrected chi connectivity index (χ0v) is 17.3. The van der Waals surface area contributed by atoms with Crippen molar-refractivity contribution in [3.63, 3.8) is 0 Å². The van der Waals surface area contributed by atoms with E-state index in [4.69, 9.17) is 0 Å². The number of nitrogens with one attached hydrogen (secondary N) is 3. The number of benzene rings is 1. The number of hydrogen-bond acceptors (Lipinski definition) is 2. The zero-order chi connectivity index (χ0) is 18.8. The molecule has 0 heterocycles. The minimum atomic E-state index is -0.0910. The van der Waals surface area contributed by atoms with E-state index < -0.39 is 0 Å². The van der Waals surface area contributed by atoms with Gasteiger partial charge in [0, 0.05) is 16.2 Å². The van der Waals surface area contributed by atoms with E-state index in [-0.39, 0.29) is 24.4 Å². The van der Waals surface area contributed by atoms with Crippen LogP contribution in [0.3, 0.4) is 0 Å². The van der Waals surface area contributed by atoms with Gasteiger partial charge in [0.05, 0.1) is 7.05 Å². The number of likely N-dealkylation sites (N-methyl/N-ethyl adjacent to an activating group) is 1. The molecule has 2 atom stereocenters. The van der Waals surface area contributed by atoms with Gasteiger partial charge in [0.1, 0.15) is 0 Å². The molecule has 0 saturated heterocycles. The van der Waals surface area contributed by atoms with Crippen molar-refractivity contribution in [2.45, 2.75) is 52.5 Å². The van der Waals surface area contributed by atoms with Crippen molar-refractivity contribution in [2.75, 3.05) is 25.5 Å². The fraction of sp³-hybridized carbons (Fsp3) is 0.579. The average molecular weight is 413 g/mol. The maximum absolute atomic E-state index is 12.2. The molecule has 25 heavy (non-hydrogen) atoms. The highest BCUT2D eigenvalue weighted by molar-refractivity contribution is 9.10. The normalized spacial score (nSPS) is 13.2. The molecule has 6 heteroatoms. The fourth-order valence-corrected chi connectivity index (χ4v) is 3.15. The van der Waals surface area contributed by atoms with Crippen molar-refractivity contribution in [3.8, 4) is 0 Å². The van der Waals surface area contributed by atoms with Gasteiger partial charge in [-0.05, 0) is 44.0 Å². The number of amides is 2. The molecular formula is C19H31BrN3O2+. The Kier molecular flexibility index (Phi) is 9.75. The van der Waals surface area contributed by atoms with Crippen LogP contribution in [0.1, 0.15) is 45.1 Å². The Hall–Kier alpha value is -1.40. The second kappa shape index (κ2) is 11.3. The van der Waals surface area contributed by atoms with E-state index in [1.54, 1.807) is 0 Å². The van der Waals surface area contributed by atoms with Gasteiger partial charge in [0.2, 0.25) is 0 Å². The molecular weight excluding hydrogens is 382 g/mol. The van der Waals surface area contributed by atoms with E-state index in [9.17, 15) is 9.59 Å². The summed E-state index contributed by atoms with van der Waals surface area (Å²) in [4.78, 5) is 25.1. The van der Waals surface area contributed by atoms with Gasteiger partial charge in [0.15, 0.2) is 13.1 Å². The first-order chi connectivity index (χ1) is 11.8. The number of aryl methyl sites for hydroxylation is 1. The third kappa shape index (κ3) is 9.02. The standard InChI is InChI=1S/C19H30BrN3O2/c1-5-6-7-8-15(3)21-18(24)12-23(4)13-19(25)22-17-10-9-16(20)11-14(17)2/h9-11,15H,5-8,12-13H2,1-4H3,(H,21,24)(H,22,25)/p+1/t15-/m1/s1. The maximum atomic E-state index is 12.2. The van der Waals surface area contributed by atoms with Crippen molar-refractivity contribution in [2.24, 2.45) is 0 Å². The summed E-state index contributed by atoms with van der Waals surface area (Å²) in [6, 6.07) is 5.91. The van der Waals surface area contributed by atoms with E-state index in [1.165, 1.54) is 12.8 Å². The largest absolute Gasteiger partial charge is 0.349 e. The van der Waals surface area contributed by atoms with Crippen LogP contribution in [-0.4, -0.2) is 38.0 Å². The summed E-state index contributed by atoms with van der Waals surface area (Å²) in [5, 5.41) is 5.92. The predicted molar refractivity (Wildman–Crippen MR) is 106 cm³/mol. The van der Waals surface area contributed by atoms with E-state index >= 15 is 0 Å². The average Bonchev–Trinajstić information content (AvgIpc) is 2.49. The van der Waals surface area contributed by atoms with Crippen molar-refractivity contribution < 1.29 is 14.5 Å². The van der Waals surface area contributed by atoms with Crippen molar-refractivity contribution in [3.05, 3.63) is 28.2 Å². The lowest BCUT2D eigenvalue weighted by molar-refractivity contribution is -0.862. The summed E-state index contributed by atoms with van der Waals surface area (Å²) in [6.45, 7) is 6.70. The molecule has 140 valence electrons. The second-order valence-corrected chi connectivity index (χ2v) is 7.70. The molecule has 0 saturated carbocycles. The molecule has 0 bridgehead atoms. The Morgan fingerprint density at radius 1 is 1.20 bits per heavy atom. The van der Waals surface area contributed by atoms with E-state index in [1.807, 2.05) is 39.1 Å². The van der Waals surface area contributed by atoms with Crippen LogP contribution in [0.25, 0.3) is 0 Å². The Balaban J connectivity index is 2.36. The number of quaternary nitrogens is 1. The lowest BCUT2D eigenvalue weighted by Crippen LogP contribution is -3.11. The number of carbonyl (C=O) groups excluding carboxylic acids is 2. The minimum absolute atomic E-state index is 0.00544. The first-order valence-electron chi connectivity index (χ1n) is 8.98. The van der Waals surface area contributed by atoms with Crippen LogP contribution in [0, 0.1) is 6.92 Å². The number of anilines is 1. The minimum Gasteiger partial charge on any atom is -0.349 e. The van der Waals surface area contributed by atoms with Crippen LogP contribution in [-0.2, 0) is 9.59 Å². The topological polar surface area (TPSA) is 62.6 Å². The molecule has 1 rings (SSSR count). The lowest BCUT2D eigenvalue weighted by atomic mass is 10.1. The second-order valence-electron chi connectivity index (χ2n) is 6.78. The van der Waals surface area contributed by atoms with E-state index in [0.29, 0.717) is 6.54 Å². The number of rotatable bonds is 10. The van der Waals surface area contributed by atoms with E-state index in [0.717, 1.165) is 33.5 Å². The molecule has 3 N–H and O–H groups in total. The van der Waals surface area contributed by atoms with Crippen LogP contribution in [0.4, 0.5) is 5.69 Å². The molecule has 0 radical (unpaired) electrons. The Morgan fingerprint density at radius 2 is 1.88 bits per heavy atom. The number of unbranched alkanes of at least 4 members (excludes halogenated alkanes) is 2. The monoisotopic (exact) mass is 412 g/mol. The summed E-state index contributed by atoms with van der Waals surface area (Å²) < 4.78 is 0.982. The van der Waals surface area contributed by atoms with Gasteiger partial charge in [-0.1, -0.05) is 42.1 Å². The van der Waals surface area contributed by atoms with Crippen LogP contribution < -0.4 is 15.5 Å². The molecule has 0 aromatic heterocycles. The van der Waals surface area contributed by atoms with Crippen molar-refractivity contribution in [1.29, 1.82) is 0 Å². The van der Waals surface area contributed by atoms with Gasteiger partial charge in [0.25, 0.3) is 11.8 Å². The van der Waals surface area contributed by atoms with Crippen molar-refractivity contribution >= 4 is 33.4 Å². The highest BCUT2D eigenvalue weighted by Gasteiger charge is 2.16. The van der Waals surface area contributed by atoms with Gasteiger partial charge < -0.3 is 15.5 Å². The van der Waals surface area contributed by atoms with Gasteiger partial charge in [-0.25, -0.2) is 0 Å². The van der Waals surface area contributed by atoms with Gasteiger partial charge >= 0.3 is 0 Å². The molecule has 1 aromatic rings. The summed E-state index contributed by atoms with van der Waals surface area (Å²) in [7, 11) is 1.86. The third-order valence-corrected chi connectivity index (χ3v) is 4.53. The summed E-state index contributed by atoms with van der Waals surface area (Å²) in [5.74, 6) is -0.0964. The highest BCUT2D eigenvalue weighted by Crippen LogP contribution is 2.19. The number of carbonyl (C=O) groups is 2. The first-order valence-corrected chi connectivity index (χ1v) is 9.77. The van der Waals surface area contributed by atoms with E-state index in [2.05, 4.69) is 33.5 Å². The molecule has 1 aromatic carbocycles. The fourth-order valence-electron chi connectivity index (χ4n) is 2.67. The molecule has 0 spiro atoms. The predicted octanol–water partition coefficient (Wildman–Crippen LogP) is 2.30. The number of hydrogen-bond donors (Lipinski definition) is 3. The quantitative estimate of drug-likeness (QED) is 0.516. The molecule has 0 aliphatic carbocycles. The lowest BCUT2D eigenvalue weighted by Gasteiger charge is -2.17. The molecule has 0 aliphatic heterocycles. The van der Waals surface area contributed by atoms with Gasteiger partial charge in [-0.3, -0.25) is 9.59 Å². The van der Waals surface area contributed by atoms with Crippen molar-refractivity contribution in [1.82, 2.24) is 5.32 Å². The summed E-state index contributed by atoms with van der Waals surface area (Å²) >= 11 is 3.41. The smallest absolute Gasteiger partial charge is 0.279 e. The molecule has 1 unspecified atom stereocenters. The number of halogens is 1. The Morgan fingerprint density at radius 3 is 2.52 bits per heavy atom. The maximum Gasteiger partial charge on any atom is 0.279 e. The Labute approximate surface area is 159 Å². The summed E-state index contributed by atoms with van der Waals surface area (Å²) in [5.41, 5.74) is 1.80. The third-order valence-electron chi connectivity index (χ3n) is 4.04. The van der Waals surface area contributed by atoms with Crippen LogP contribution in [0.15, 0.2) is 22.7 Å². The Bertz CT molecular complexity index is 578. The molecule has 5 nitrogen and oxygen atoms in total. The zero-order valence-electron chi connectivity index (χ0n) is 15.7. The summed E-state index contributed by atoms with van der Waals surface area (Å²) in [6.07, 6.45) is 4.51. The van der Waals surface area contributed by atoms with Crippen LogP contribution in [0.5, 0.6) is 0 Å². The molecule has 0 fully saturated rings. The van der Waals surface area contributed by atoms with Gasteiger partial charge in [-0.2, -0.15) is 0 Å². The van der Waals surface area contributed by atoms with Gasteiger partial charge in [-0.15, -0.1) is 0 Å².